The van der Waals surface area contributed by atoms with Crippen molar-refractivity contribution in [2.75, 3.05) is 6.61 Å². The zero-order valence-corrected chi connectivity index (χ0v) is 16.0. The Balaban J connectivity index is 2.10. The maximum atomic E-state index is 9.15. The topological polar surface area (TPSA) is 63.7 Å². The van der Waals surface area contributed by atoms with Gasteiger partial charge >= 0.3 is 0 Å². The molecule has 1 aromatic heterocycles. The highest BCUT2D eigenvalue weighted by Crippen LogP contribution is 2.31. The summed E-state index contributed by atoms with van der Waals surface area (Å²) in [6.07, 6.45) is 0. The Labute approximate surface area is 161 Å². The quantitative estimate of drug-likeness (QED) is 0.560. The molecule has 0 N–H and O–H groups in total. The first-order valence-corrected chi connectivity index (χ1v) is 9.39. The van der Waals surface area contributed by atoms with Gasteiger partial charge in [0.2, 0.25) is 0 Å². The van der Waals surface area contributed by atoms with Crippen LogP contribution in [0.15, 0.2) is 53.7 Å². The second-order valence-electron chi connectivity index (χ2n) is 5.47. The SMILES string of the molecule is CCOc1ccc(-n2c(SC(C)C#N)nnc2-c2cccc(Cl)c2)cc1. The lowest BCUT2D eigenvalue weighted by Gasteiger charge is -2.12. The maximum Gasteiger partial charge on any atom is 0.197 e. The fraction of sp³-hybridized carbons (Fsp3) is 0.211. The lowest BCUT2D eigenvalue weighted by molar-refractivity contribution is 0.340. The number of ether oxygens (including phenoxy) is 1. The summed E-state index contributed by atoms with van der Waals surface area (Å²) >= 11 is 7.50. The lowest BCUT2D eigenvalue weighted by atomic mass is 10.2. The van der Waals surface area contributed by atoms with E-state index in [-0.39, 0.29) is 5.25 Å². The van der Waals surface area contributed by atoms with E-state index < -0.39 is 0 Å². The smallest absolute Gasteiger partial charge is 0.197 e. The molecule has 3 aromatic rings. The van der Waals surface area contributed by atoms with Crippen LogP contribution in [-0.2, 0) is 0 Å². The van der Waals surface area contributed by atoms with Crippen LogP contribution in [0.25, 0.3) is 17.1 Å². The number of halogens is 1. The van der Waals surface area contributed by atoms with Gasteiger partial charge in [0.1, 0.15) is 5.75 Å². The zero-order valence-electron chi connectivity index (χ0n) is 14.4. The molecule has 0 amide bonds. The van der Waals surface area contributed by atoms with Gasteiger partial charge in [0.15, 0.2) is 11.0 Å². The Kier molecular flexibility index (Phi) is 5.82. The Bertz CT molecular complexity index is 933. The van der Waals surface area contributed by atoms with Crippen LogP contribution < -0.4 is 4.74 Å². The Morgan fingerprint density at radius 2 is 2.00 bits per heavy atom. The summed E-state index contributed by atoms with van der Waals surface area (Å²) in [5.74, 6) is 1.47. The van der Waals surface area contributed by atoms with Crippen molar-refractivity contribution in [2.24, 2.45) is 0 Å². The van der Waals surface area contributed by atoms with E-state index in [0.717, 1.165) is 17.0 Å². The largest absolute Gasteiger partial charge is 0.494 e. The van der Waals surface area contributed by atoms with E-state index in [0.29, 0.717) is 22.6 Å². The van der Waals surface area contributed by atoms with Crippen LogP contribution in [0.3, 0.4) is 0 Å². The molecule has 132 valence electrons. The van der Waals surface area contributed by atoms with Gasteiger partial charge in [-0.15, -0.1) is 10.2 Å². The number of hydrogen-bond acceptors (Lipinski definition) is 5. The van der Waals surface area contributed by atoms with E-state index >= 15 is 0 Å². The van der Waals surface area contributed by atoms with Crippen molar-refractivity contribution < 1.29 is 4.74 Å². The minimum atomic E-state index is -0.243. The second kappa shape index (κ2) is 8.26. The fourth-order valence-corrected chi connectivity index (χ4v) is 3.38. The van der Waals surface area contributed by atoms with Crippen LogP contribution in [0.5, 0.6) is 5.75 Å². The summed E-state index contributed by atoms with van der Waals surface area (Å²) in [6.45, 7) is 4.39. The molecule has 1 unspecified atom stereocenters. The summed E-state index contributed by atoms with van der Waals surface area (Å²) in [4.78, 5) is 0. The molecular weight excluding hydrogens is 368 g/mol. The fourth-order valence-electron chi connectivity index (χ4n) is 2.44. The van der Waals surface area contributed by atoms with Gasteiger partial charge in [-0.05, 0) is 50.2 Å². The van der Waals surface area contributed by atoms with Gasteiger partial charge in [-0.3, -0.25) is 4.57 Å². The van der Waals surface area contributed by atoms with Crippen molar-refractivity contribution in [2.45, 2.75) is 24.3 Å². The average molecular weight is 385 g/mol. The molecule has 5 nitrogen and oxygen atoms in total. The standard InChI is InChI=1S/C19H17ClN4OS/c1-3-25-17-9-7-16(8-10-17)24-18(14-5-4-6-15(20)11-14)22-23-19(24)26-13(2)12-21/h4-11,13H,3H2,1-2H3. The van der Waals surface area contributed by atoms with Crippen LogP contribution in [-0.4, -0.2) is 26.6 Å². The van der Waals surface area contributed by atoms with E-state index in [2.05, 4.69) is 16.3 Å². The van der Waals surface area contributed by atoms with E-state index in [1.54, 1.807) is 0 Å². The molecule has 0 saturated heterocycles. The van der Waals surface area contributed by atoms with Crippen molar-refractivity contribution >= 4 is 23.4 Å². The summed E-state index contributed by atoms with van der Waals surface area (Å²) < 4.78 is 7.45. The second-order valence-corrected chi connectivity index (χ2v) is 7.21. The number of rotatable bonds is 6. The Hall–Kier alpha value is -2.49. The monoisotopic (exact) mass is 384 g/mol. The molecule has 7 heteroatoms. The van der Waals surface area contributed by atoms with Gasteiger partial charge < -0.3 is 4.74 Å². The first-order valence-electron chi connectivity index (χ1n) is 8.13. The molecule has 0 fully saturated rings. The van der Waals surface area contributed by atoms with Crippen molar-refractivity contribution in [3.63, 3.8) is 0 Å². The molecule has 26 heavy (non-hydrogen) atoms. The predicted octanol–water partition coefficient (Wildman–Crippen LogP) is 4.99. The highest BCUT2D eigenvalue weighted by Gasteiger charge is 2.18. The average Bonchev–Trinajstić information content (AvgIpc) is 3.06. The Morgan fingerprint density at radius 3 is 2.65 bits per heavy atom. The first kappa shape index (κ1) is 18.3. The van der Waals surface area contributed by atoms with E-state index in [4.69, 9.17) is 21.6 Å². The van der Waals surface area contributed by atoms with E-state index in [1.165, 1.54) is 11.8 Å². The zero-order chi connectivity index (χ0) is 18.5. The van der Waals surface area contributed by atoms with Crippen LogP contribution >= 0.6 is 23.4 Å². The van der Waals surface area contributed by atoms with E-state index in [9.17, 15) is 0 Å². The maximum absolute atomic E-state index is 9.15. The molecule has 0 spiro atoms. The molecule has 0 radical (unpaired) electrons. The number of aromatic nitrogens is 3. The first-order chi connectivity index (χ1) is 12.6. The van der Waals surface area contributed by atoms with Crippen molar-refractivity contribution in [1.29, 1.82) is 5.26 Å². The molecule has 0 saturated carbocycles. The molecule has 0 aliphatic carbocycles. The summed E-state index contributed by atoms with van der Waals surface area (Å²) in [5.41, 5.74) is 1.75. The third kappa shape index (κ3) is 4.01. The molecule has 1 atom stereocenters. The van der Waals surface area contributed by atoms with Crippen molar-refractivity contribution in [3.05, 3.63) is 53.6 Å². The summed E-state index contributed by atoms with van der Waals surface area (Å²) in [5, 5.41) is 18.8. The number of benzene rings is 2. The molecule has 1 heterocycles. The van der Waals surface area contributed by atoms with Crippen LogP contribution in [0.1, 0.15) is 13.8 Å². The third-order valence-corrected chi connectivity index (χ3v) is 4.76. The van der Waals surface area contributed by atoms with Crippen LogP contribution in [0, 0.1) is 11.3 Å². The van der Waals surface area contributed by atoms with Crippen LogP contribution in [0.4, 0.5) is 0 Å². The number of nitriles is 1. The van der Waals surface area contributed by atoms with Gasteiger partial charge in [0, 0.05) is 16.3 Å². The Morgan fingerprint density at radius 1 is 1.23 bits per heavy atom. The number of thioether (sulfide) groups is 1. The van der Waals surface area contributed by atoms with Crippen LogP contribution in [0.2, 0.25) is 5.02 Å². The van der Waals surface area contributed by atoms with Gasteiger partial charge in [-0.1, -0.05) is 35.5 Å². The minimum absolute atomic E-state index is 0.243. The predicted molar refractivity (Wildman–Crippen MR) is 104 cm³/mol. The molecule has 2 aromatic carbocycles. The molecule has 0 aliphatic rings. The van der Waals surface area contributed by atoms with Crippen molar-refractivity contribution in [3.8, 4) is 28.9 Å². The molecular formula is C19H17ClN4OS. The summed E-state index contributed by atoms with van der Waals surface area (Å²) in [6, 6.07) is 17.4. The van der Waals surface area contributed by atoms with E-state index in [1.807, 2.05) is 66.9 Å². The summed E-state index contributed by atoms with van der Waals surface area (Å²) in [7, 11) is 0. The van der Waals surface area contributed by atoms with Gasteiger partial charge in [-0.25, -0.2) is 0 Å². The number of hydrogen-bond donors (Lipinski definition) is 0. The van der Waals surface area contributed by atoms with Gasteiger partial charge in [-0.2, -0.15) is 5.26 Å². The molecule has 3 rings (SSSR count). The molecule has 0 aliphatic heterocycles. The third-order valence-electron chi connectivity index (χ3n) is 3.59. The normalized spacial score (nSPS) is 11.8. The number of nitrogens with zero attached hydrogens (tertiary/aromatic N) is 4. The highest BCUT2D eigenvalue weighted by molar-refractivity contribution is 8.00. The van der Waals surface area contributed by atoms with Crippen molar-refractivity contribution in [1.82, 2.24) is 14.8 Å². The highest BCUT2D eigenvalue weighted by atomic mass is 35.5. The lowest BCUT2D eigenvalue weighted by Crippen LogP contribution is -2.02. The van der Waals surface area contributed by atoms with Gasteiger partial charge in [0.25, 0.3) is 0 Å². The van der Waals surface area contributed by atoms with Gasteiger partial charge in [0.05, 0.1) is 17.9 Å². The molecule has 0 bridgehead atoms. The minimum Gasteiger partial charge on any atom is -0.494 e.